The molecule has 0 saturated heterocycles. The van der Waals surface area contributed by atoms with E-state index in [4.69, 9.17) is 9.47 Å². The molecular weight excluding hydrogens is 309 g/mol. The molecule has 1 aliphatic heterocycles. The van der Waals surface area contributed by atoms with E-state index in [2.05, 4.69) is 4.99 Å². The quantitative estimate of drug-likeness (QED) is 0.631. The first kappa shape index (κ1) is 15.9. The van der Waals surface area contributed by atoms with E-state index < -0.39 is 5.97 Å². The van der Waals surface area contributed by atoms with E-state index in [1.165, 1.54) is 24.3 Å². The van der Waals surface area contributed by atoms with E-state index in [-0.39, 0.29) is 23.5 Å². The second kappa shape index (κ2) is 6.66. The third kappa shape index (κ3) is 3.51. The molecule has 3 rings (SSSR count). The predicted octanol–water partition coefficient (Wildman–Crippen LogP) is 3.96. The highest BCUT2D eigenvalue weighted by Crippen LogP contribution is 2.25. The molecule has 122 valence electrons. The van der Waals surface area contributed by atoms with E-state index in [9.17, 15) is 9.18 Å². The van der Waals surface area contributed by atoms with Gasteiger partial charge < -0.3 is 9.47 Å². The third-order valence-corrected chi connectivity index (χ3v) is 3.29. The van der Waals surface area contributed by atoms with Gasteiger partial charge in [-0.2, -0.15) is 0 Å². The van der Waals surface area contributed by atoms with Crippen molar-refractivity contribution in [1.29, 1.82) is 0 Å². The summed E-state index contributed by atoms with van der Waals surface area (Å²) in [7, 11) is 0. The maximum atomic E-state index is 13.0. The van der Waals surface area contributed by atoms with Crippen LogP contribution in [0, 0.1) is 5.82 Å². The van der Waals surface area contributed by atoms with Crippen LogP contribution in [0.15, 0.2) is 59.2 Å². The molecule has 0 amide bonds. The number of esters is 1. The number of ether oxygens (including phenoxy) is 2. The molecule has 4 nitrogen and oxygen atoms in total. The number of halogens is 1. The van der Waals surface area contributed by atoms with Crippen LogP contribution in [0.25, 0.3) is 6.08 Å². The minimum absolute atomic E-state index is 0.0124. The van der Waals surface area contributed by atoms with Gasteiger partial charge in [0, 0.05) is 11.1 Å². The number of rotatable bonds is 4. The SMILES string of the molecule is CC(C)Oc1ccccc1/C=C1\N=C(c2ccc(F)cc2)OC1=O. The molecule has 2 aromatic rings. The highest BCUT2D eigenvalue weighted by molar-refractivity contribution is 6.12. The first-order valence-corrected chi connectivity index (χ1v) is 7.57. The summed E-state index contributed by atoms with van der Waals surface area (Å²) in [4.78, 5) is 16.3. The fourth-order valence-corrected chi connectivity index (χ4v) is 2.23. The summed E-state index contributed by atoms with van der Waals surface area (Å²) in [5, 5.41) is 0. The molecule has 0 unspecified atom stereocenters. The molecule has 0 saturated carbocycles. The molecule has 0 radical (unpaired) electrons. The molecule has 2 aromatic carbocycles. The Hall–Kier alpha value is -2.95. The Morgan fingerprint density at radius 3 is 2.54 bits per heavy atom. The van der Waals surface area contributed by atoms with E-state index in [1.807, 2.05) is 38.1 Å². The van der Waals surface area contributed by atoms with Crippen molar-refractivity contribution in [2.45, 2.75) is 20.0 Å². The van der Waals surface area contributed by atoms with Gasteiger partial charge in [0.05, 0.1) is 6.10 Å². The molecular formula is C19H16FNO3. The molecule has 1 heterocycles. The maximum Gasteiger partial charge on any atom is 0.363 e. The average molecular weight is 325 g/mol. The van der Waals surface area contributed by atoms with Gasteiger partial charge in [-0.3, -0.25) is 0 Å². The van der Waals surface area contributed by atoms with E-state index >= 15 is 0 Å². The van der Waals surface area contributed by atoms with Crippen LogP contribution >= 0.6 is 0 Å². The monoisotopic (exact) mass is 325 g/mol. The van der Waals surface area contributed by atoms with Crippen molar-refractivity contribution in [2.75, 3.05) is 0 Å². The van der Waals surface area contributed by atoms with Gasteiger partial charge in [-0.05, 0) is 50.3 Å². The topological polar surface area (TPSA) is 47.9 Å². The van der Waals surface area contributed by atoms with E-state index in [0.717, 1.165) is 5.56 Å². The summed E-state index contributed by atoms with van der Waals surface area (Å²) < 4.78 is 23.9. The van der Waals surface area contributed by atoms with Crippen LogP contribution in [0.2, 0.25) is 0 Å². The second-order valence-corrected chi connectivity index (χ2v) is 5.55. The van der Waals surface area contributed by atoms with Gasteiger partial charge in [0.1, 0.15) is 11.6 Å². The lowest BCUT2D eigenvalue weighted by Crippen LogP contribution is -2.07. The molecule has 24 heavy (non-hydrogen) atoms. The molecule has 5 heteroatoms. The van der Waals surface area contributed by atoms with Crippen LogP contribution in [-0.4, -0.2) is 18.0 Å². The highest BCUT2D eigenvalue weighted by atomic mass is 19.1. The zero-order valence-electron chi connectivity index (χ0n) is 13.3. The Bertz CT molecular complexity index is 823. The average Bonchev–Trinajstić information content (AvgIpc) is 2.90. The van der Waals surface area contributed by atoms with Crippen molar-refractivity contribution in [2.24, 2.45) is 4.99 Å². The zero-order valence-corrected chi connectivity index (χ0v) is 13.3. The van der Waals surface area contributed by atoms with Crippen LogP contribution in [0.1, 0.15) is 25.0 Å². The minimum Gasteiger partial charge on any atom is -0.490 e. The smallest absolute Gasteiger partial charge is 0.363 e. The number of hydrogen-bond donors (Lipinski definition) is 0. The Kier molecular flexibility index (Phi) is 4.42. The van der Waals surface area contributed by atoms with Gasteiger partial charge >= 0.3 is 5.97 Å². The van der Waals surface area contributed by atoms with Crippen molar-refractivity contribution in [3.05, 3.63) is 71.2 Å². The van der Waals surface area contributed by atoms with Gasteiger partial charge in [-0.25, -0.2) is 14.2 Å². The van der Waals surface area contributed by atoms with Crippen molar-refractivity contribution < 1.29 is 18.7 Å². The normalized spacial score (nSPS) is 15.6. The van der Waals surface area contributed by atoms with Crippen molar-refractivity contribution in [3.8, 4) is 5.75 Å². The van der Waals surface area contributed by atoms with Crippen LogP contribution in [0.5, 0.6) is 5.75 Å². The van der Waals surface area contributed by atoms with Crippen molar-refractivity contribution >= 4 is 17.9 Å². The molecule has 0 aromatic heterocycles. The predicted molar refractivity (Wildman–Crippen MR) is 89.2 cm³/mol. The lowest BCUT2D eigenvalue weighted by molar-refractivity contribution is -0.129. The fourth-order valence-electron chi connectivity index (χ4n) is 2.23. The molecule has 0 atom stereocenters. The van der Waals surface area contributed by atoms with Gasteiger partial charge in [0.15, 0.2) is 5.70 Å². The number of carbonyl (C=O) groups is 1. The van der Waals surface area contributed by atoms with Gasteiger partial charge in [-0.1, -0.05) is 18.2 Å². The van der Waals surface area contributed by atoms with Gasteiger partial charge in [0.2, 0.25) is 5.90 Å². The molecule has 0 bridgehead atoms. The minimum atomic E-state index is -0.548. The number of nitrogens with zero attached hydrogens (tertiary/aromatic N) is 1. The largest absolute Gasteiger partial charge is 0.490 e. The maximum absolute atomic E-state index is 13.0. The van der Waals surface area contributed by atoms with Crippen LogP contribution in [-0.2, 0) is 9.53 Å². The molecule has 1 aliphatic rings. The zero-order chi connectivity index (χ0) is 17.1. The molecule has 0 aliphatic carbocycles. The number of aliphatic imine (C=N–C) groups is 1. The molecule has 0 N–H and O–H groups in total. The Morgan fingerprint density at radius 1 is 1.12 bits per heavy atom. The van der Waals surface area contributed by atoms with Gasteiger partial charge in [0.25, 0.3) is 0 Å². The first-order valence-electron chi connectivity index (χ1n) is 7.57. The summed E-state index contributed by atoms with van der Waals surface area (Å²) in [5.74, 6) is -0.0837. The van der Waals surface area contributed by atoms with Crippen LogP contribution in [0.3, 0.4) is 0 Å². The molecule has 0 fully saturated rings. The number of benzene rings is 2. The van der Waals surface area contributed by atoms with Crippen LogP contribution in [0.4, 0.5) is 4.39 Å². The Balaban J connectivity index is 1.93. The van der Waals surface area contributed by atoms with Crippen molar-refractivity contribution in [1.82, 2.24) is 0 Å². The van der Waals surface area contributed by atoms with E-state index in [0.29, 0.717) is 11.3 Å². The lowest BCUT2D eigenvalue weighted by Gasteiger charge is -2.12. The Labute approximate surface area is 139 Å². The number of hydrogen-bond acceptors (Lipinski definition) is 4. The number of cyclic esters (lactones) is 1. The van der Waals surface area contributed by atoms with Gasteiger partial charge in [-0.15, -0.1) is 0 Å². The summed E-state index contributed by atoms with van der Waals surface area (Å²) in [6, 6.07) is 13.0. The highest BCUT2D eigenvalue weighted by Gasteiger charge is 2.24. The number of para-hydroxylation sites is 1. The summed E-state index contributed by atoms with van der Waals surface area (Å²) in [5.41, 5.74) is 1.45. The molecule has 0 spiro atoms. The lowest BCUT2D eigenvalue weighted by atomic mass is 10.1. The fraction of sp³-hybridized carbons (Fsp3) is 0.158. The standard InChI is InChI=1S/C19H16FNO3/c1-12(2)23-17-6-4-3-5-14(17)11-16-19(22)24-18(21-16)13-7-9-15(20)10-8-13/h3-12H,1-2H3/b16-11-. The van der Waals surface area contributed by atoms with Crippen molar-refractivity contribution in [3.63, 3.8) is 0 Å². The third-order valence-electron chi connectivity index (χ3n) is 3.29. The summed E-state index contributed by atoms with van der Waals surface area (Å²) >= 11 is 0. The Morgan fingerprint density at radius 2 is 1.83 bits per heavy atom. The second-order valence-electron chi connectivity index (χ2n) is 5.55. The summed E-state index contributed by atoms with van der Waals surface area (Å²) in [6.45, 7) is 3.86. The number of carbonyl (C=O) groups excluding carboxylic acids is 1. The van der Waals surface area contributed by atoms with E-state index in [1.54, 1.807) is 6.08 Å². The van der Waals surface area contributed by atoms with Crippen LogP contribution < -0.4 is 4.74 Å². The first-order chi connectivity index (χ1) is 11.5. The summed E-state index contributed by atoms with van der Waals surface area (Å²) in [6.07, 6.45) is 1.63.